The number of aromatic nitrogens is 4. The molecule has 2 aromatic heterocycles. The monoisotopic (exact) mass is 250 g/mol. The lowest BCUT2D eigenvalue weighted by Crippen LogP contribution is -2.41. The molecule has 7 heteroatoms. The third kappa shape index (κ3) is 1.67. The van der Waals surface area contributed by atoms with E-state index in [0.717, 1.165) is 35.4 Å². The molecule has 0 unspecified atom stereocenters. The van der Waals surface area contributed by atoms with Crippen LogP contribution in [0.2, 0.25) is 0 Å². The molecule has 0 saturated carbocycles. The summed E-state index contributed by atoms with van der Waals surface area (Å²) in [5.74, 6) is 7.66. The van der Waals surface area contributed by atoms with E-state index in [1.807, 2.05) is 19.2 Å². The van der Waals surface area contributed by atoms with Gasteiger partial charge in [-0.15, -0.1) is 21.5 Å². The van der Waals surface area contributed by atoms with Crippen LogP contribution in [0, 0.1) is 6.92 Å². The smallest absolute Gasteiger partial charge is 0.193 e. The van der Waals surface area contributed by atoms with E-state index in [0.29, 0.717) is 0 Å². The Kier molecular flexibility index (Phi) is 2.46. The third-order valence-electron chi connectivity index (χ3n) is 3.04. The second kappa shape index (κ2) is 3.86. The molecule has 0 spiro atoms. The minimum Gasteiger partial charge on any atom is -0.306 e. The van der Waals surface area contributed by atoms with Crippen molar-refractivity contribution in [3.8, 4) is 10.8 Å². The van der Waals surface area contributed by atoms with Gasteiger partial charge in [0, 0.05) is 24.2 Å². The van der Waals surface area contributed by atoms with Crippen LogP contribution in [0.5, 0.6) is 0 Å². The summed E-state index contributed by atoms with van der Waals surface area (Å²) in [7, 11) is 0. The van der Waals surface area contributed by atoms with Gasteiger partial charge in [0.05, 0.1) is 6.04 Å². The molecule has 2 aromatic rings. The van der Waals surface area contributed by atoms with Gasteiger partial charge in [-0.05, 0) is 13.8 Å². The number of rotatable bonds is 1. The number of hydrazine groups is 1. The lowest BCUT2D eigenvalue weighted by atomic mass is 10.2. The van der Waals surface area contributed by atoms with Crippen LogP contribution >= 0.6 is 11.3 Å². The Labute approximate surface area is 103 Å². The number of aryl methyl sites for hydroxylation is 1. The van der Waals surface area contributed by atoms with Gasteiger partial charge in [-0.1, -0.05) is 0 Å². The molecule has 1 aliphatic rings. The Hall–Kier alpha value is -1.31. The quantitative estimate of drug-likeness (QED) is 0.763. The molecule has 0 fully saturated rings. The Morgan fingerprint density at radius 3 is 2.94 bits per heavy atom. The fourth-order valence-electron chi connectivity index (χ4n) is 2.02. The van der Waals surface area contributed by atoms with Crippen molar-refractivity contribution >= 4 is 11.3 Å². The van der Waals surface area contributed by atoms with E-state index in [1.165, 1.54) is 0 Å². The minimum atomic E-state index is 0.103. The Balaban J connectivity index is 2.07. The lowest BCUT2D eigenvalue weighted by Gasteiger charge is -2.29. The molecule has 90 valence electrons. The summed E-state index contributed by atoms with van der Waals surface area (Å²) in [6.07, 6.45) is 0. The first-order valence-corrected chi connectivity index (χ1v) is 6.41. The summed E-state index contributed by atoms with van der Waals surface area (Å²) in [5, 5.41) is 13.2. The molecular weight excluding hydrogens is 236 g/mol. The van der Waals surface area contributed by atoms with E-state index < -0.39 is 0 Å². The van der Waals surface area contributed by atoms with E-state index in [9.17, 15) is 0 Å². The normalized spacial score (nSPS) is 20.5. The zero-order valence-electron chi connectivity index (χ0n) is 9.79. The summed E-state index contributed by atoms with van der Waals surface area (Å²) in [6.45, 7) is 5.65. The van der Waals surface area contributed by atoms with Crippen LogP contribution in [0.4, 0.5) is 0 Å². The average molecular weight is 250 g/mol. The number of nitrogens with zero attached hydrogens (tertiary/aromatic N) is 5. The summed E-state index contributed by atoms with van der Waals surface area (Å²) in [6, 6.07) is 0.103. The zero-order chi connectivity index (χ0) is 12.0. The highest BCUT2D eigenvalue weighted by Crippen LogP contribution is 2.28. The lowest BCUT2D eigenvalue weighted by molar-refractivity contribution is 0.168. The van der Waals surface area contributed by atoms with Crippen molar-refractivity contribution < 1.29 is 0 Å². The van der Waals surface area contributed by atoms with Gasteiger partial charge in [0.15, 0.2) is 16.7 Å². The van der Waals surface area contributed by atoms with Crippen LogP contribution in [0.25, 0.3) is 10.8 Å². The van der Waals surface area contributed by atoms with Gasteiger partial charge in [-0.2, -0.15) is 0 Å². The summed E-state index contributed by atoms with van der Waals surface area (Å²) >= 11 is 1.60. The second-order valence-corrected chi connectivity index (χ2v) is 5.10. The van der Waals surface area contributed by atoms with Gasteiger partial charge in [0.1, 0.15) is 0 Å². The SMILES string of the molecule is Cc1csc(-c2nnc3n2CCN(N)[C@@H]3C)n1. The third-order valence-corrected chi connectivity index (χ3v) is 4.00. The molecule has 0 radical (unpaired) electrons. The highest BCUT2D eigenvalue weighted by atomic mass is 32.1. The van der Waals surface area contributed by atoms with Crippen LogP contribution in [-0.2, 0) is 6.54 Å². The number of hydrogen-bond acceptors (Lipinski definition) is 6. The number of nitrogens with two attached hydrogens (primary N) is 1. The van der Waals surface area contributed by atoms with Crippen LogP contribution in [-0.4, -0.2) is 31.3 Å². The number of thiazole rings is 1. The number of fused-ring (bicyclic) bond motifs is 1. The van der Waals surface area contributed by atoms with Crippen LogP contribution in [0.1, 0.15) is 24.5 Å². The molecule has 3 rings (SSSR count). The van der Waals surface area contributed by atoms with E-state index in [-0.39, 0.29) is 6.04 Å². The van der Waals surface area contributed by atoms with Crippen LogP contribution in [0.15, 0.2) is 5.38 Å². The fraction of sp³-hybridized carbons (Fsp3) is 0.500. The van der Waals surface area contributed by atoms with Gasteiger partial charge in [-0.3, -0.25) is 5.84 Å². The standard InChI is InChI=1S/C10H14N6S/c1-6-5-17-10(12-6)9-14-13-8-7(2)16(11)4-3-15(8)9/h5,7H,3-4,11H2,1-2H3/t7-/m1/s1. The molecule has 2 N–H and O–H groups in total. The van der Waals surface area contributed by atoms with Crippen molar-refractivity contribution in [2.24, 2.45) is 5.84 Å². The van der Waals surface area contributed by atoms with Crippen molar-refractivity contribution in [3.63, 3.8) is 0 Å². The van der Waals surface area contributed by atoms with Crippen molar-refractivity contribution in [2.75, 3.05) is 6.54 Å². The predicted octanol–water partition coefficient (Wildman–Crippen LogP) is 0.960. The van der Waals surface area contributed by atoms with Gasteiger partial charge in [-0.25, -0.2) is 9.99 Å². The summed E-state index contributed by atoms with van der Waals surface area (Å²) in [5.41, 5.74) is 1.02. The molecule has 0 amide bonds. The molecule has 0 saturated heterocycles. The largest absolute Gasteiger partial charge is 0.306 e. The van der Waals surface area contributed by atoms with E-state index >= 15 is 0 Å². The first-order chi connectivity index (χ1) is 8.16. The van der Waals surface area contributed by atoms with Crippen molar-refractivity contribution in [1.29, 1.82) is 0 Å². The fourth-order valence-corrected chi connectivity index (χ4v) is 2.80. The topological polar surface area (TPSA) is 72.9 Å². The molecule has 17 heavy (non-hydrogen) atoms. The molecule has 0 aromatic carbocycles. The maximum absolute atomic E-state index is 5.88. The maximum atomic E-state index is 5.88. The van der Waals surface area contributed by atoms with E-state index in [4.69, 9.17) is 5.84 Å². The van der Waals surface area contributed by atoms with Crippen molar-refractivity contribution in [1.82, 2.24) is 24.8 Å². The van der Waals surface area contributed by atoms with Gasteiger partial charge in [0.25, 0.3) is 0 Å². The Morgan fingerprint density at radius 1 is 1.41 bits per heavy atom. The molecule has 1 aliphatic heterocycles. The molecule has 0 bridgehead atoms. The Bertz CT molecular complexity index is 545. The van der Waals surface area contributed by atoms with Crippen LogP contribution < -0.4 is 5.84 Å². The van der Waals surface area contributed by atoms with E-state index in [1.54, 1.807) is 16.3 Å². The molecular formula is C10H14N6S. The first kappa shape index (κ1) is 10.8. The average Bonchev–Trinajstić information content (AvgIpc) is 2.89. The van der Waals surface area contributed by atoms with Gasteiger partial charge in [0.2, 0.25) is 0 Å². The molecule has 6 nitrogen and oxygen atoms in total. The highest BCUT2D eigenvalue weighted by molar-refractivity contribution is 7.13. The predicted molar refractivity (Wildman–Crippen MR) is 65.2 cm³/mol. The van der Waals surface area contributed by atoms with Crippen LogP contribution in [0.3, 0.4) is 0 Å². The minimum absolute atomic E-state index is 0.103. The van der Waals surface area contributed by atoms with E-state index in [2.05, 4.69) is 19.7 Å². The second-order valence-electron chi connectivity index (χ2n) is 4.24. The first-order valence-electron chi connectivity index (χ1n) is 5.54. The number of hydrogen-bond donors (Lipinski definition) is 1. The van der Waals surface area contributed by atoms with Crippen molar-refractivity contribution in [2.45, 2.75) is 26.4 Å². The van der Waals surface area contributed by atoms with Gasteiger partial charge >= 0.3 is 0 Å². The van der Waals surface area contributed by atoms with Crippen molar-refractivity contribution in [3.05, 3.63) is 16.9 Å². The maximum Gasteiger partial charge on any atom is 0.193 e. The summed E-state index contributed by atoms with van der Waals surface area (Å²) < 4.78 is 2.12. The molecule has 3 heterocycles. The van der Waals surface area contributed by atoms with Gasteiger partial charge < -0.3 is 4.57 Å². The summed E-state index contributed by atoms with van der Waals surface area (Å²) in [4.78, 5) is 4.46. The Morgan fingerprint density at radius 2 is 2.24 bits per heavy atom. The zero-order valence-corrected chi connectivity index (χ0v) is 10.6. The molecule has 1 atom stereocenters. The highest BCUT2D eigenvalue weighted by Gasteiger charge is 2.27. The molecule has 0 aliphatic carbocycles.